The quantitative estimate of drug-likeness (QED) is 0.898. The first-order valence-electron chi connectivity index (χ1n) is 6.18. The lowest BCUT2D eigenvalue weighted by molar-refractivity contribution is 0.636. The van der Waals surface area contributed by atoms with Crippen molar-refractivity contribution in [2.45, 2.75) is 26.7 Å². The molecule has 0 saturated heterocycles. The first kappa shape index (κ1) is 13.3. The average Bonchev–Trinajstić information content (AvgIpc) is 2.39. The van der Waals surface area contributed by atoms with E-state index in [4.69, 9.17) is 0 Å². The maximum Gasteiger partial charge on any atom is 0.149 e. The van der Waals surface area contributed by atoms with Gasteiger partial charge in [0.2, 0.25) is 0 Å². The van der Waals surface area contributed by atoms with E-state index >= 15 is 0 Å². The van der Waals surface area contributed by atoms with Crippen LogP contribution in [0.2, 0.25) is 0 Å². The minimum Gasteiger partial charge on any atom is -0.384 e. The number of hydrogen-bond acceptors (Lipinski definition) is 2. The van der Waals surface area contributed by atoms with Crippen molar-refractivity contribution in [3.8, 4) is 0 Å². The molecule has 1 heterocycles. The highest BCUT2D eigenvalue weighted by Gasteiger charge is 2.11. The third-order valence-electron chi connectivity index (χ3n) is 2.84. The number of hydrogen-bond donors (Lipinski definition) is 1. The number of nitrogens with one attached hydrogen (secondary N) is 1. The summed E-state index contributed by atoms with van der Waals surface area (Å²) in [5.74, 6) is -0.275. The summed E-state index contributed by atoms with van der Waals surface area (Å²) >= 11 is 3.47. The van der Waals surface area contributed by atoms with Gasteiger partial charge in [0.1, 0.15) is 11.3 Å². The van der Waals surface area contributed by atoms with E-state index in [0.29, 0.717) is 5.52 Å². The molecule has 1 N–H and O–H groups in total. The molecule has 0 bridgehead atoms. The molecule has 1 aromatic heterocycles. The monoisotopic (exact) mass is 310 g/mol. The van der Waals surface area contributed by atoms with Crippen LogP contribution in [0.25, 0.3) is 10.9 Å². The molecule has 0 aliphatic carbocycles. The summed E-state index contributed by atoms with van der Waals surface area (Å²) < 4.78 is 14.7. The Morgan fingerprint density at radius 2 is 2.11 bits per heavy atom. The van der Waals surface area contributed by atoms with Crippen LogP contribution in [0, 0.1) is 5.82 Å². The number of aromatic nitrogens is 1. The number of pyridine rings is 1. The van der Waals surface area contributed by atoms with Crippen molar-refractivity contribution < 1.29 is 4.39 Å². The van der Waals surface area contributed by atoms with Gasteiger partial charge in [-0.1, -0.05) is 29.8 Å². The first-order valence-corrected chi connectivity index (χ1v) is 6.98. The van der Waals surface area contributed by atoms with Gasteiger partial charge >= 0.3 is 0 Å². The highest BCUT2D eigenvalue weighted by Crippen LogP contribution is 2.32. The Labute approximate surface area is 115 Å². The highest BCUT2D eigenvalue weighted by molar-refractivity contribution is 9.10. The minimum atomic E-state index is -0.275. The fraction of sp³-hybridized carbons (Fsp3) is 0.357. The summed E-state index contributed by atoms with van der Waals surface area (Å²) in [7, 11) is 0. The summed E-state index contributed by atoms with van der Waals surface area (Å²) in [6.07, 6.45) is 1.82. The molecule has 0 fully saturated rings. The molecule has 0 aliphatic rings. The molecule has 0 aliphatic heterocycles. The second-order valence-corrected chi connectivity index (χ2v) is 5.05. The predicted molar refractivity (Wildman–Crippen MR) is 77.6 cm³/mol. The molecule has 2 nitrogen and oxygen atoms in total. The molecule has 1 aromatic carbocycles. The molecule has 0 amide bonds. The van der Waals surface area contributed by atoms with Crippen LogP contribution < -0.4 is 5.32 Å². The minimum absolute atomic E-state index is 0.275. The summed E-state index contributed by atoms with van der Waals surface area (Å²) in [6, 6.07) is 5.17. The fourth-order valence-corrected chi connectivity index (χ4v) is 2.44. The number of benzene rings is 1. The average molecular weight is 311 g/mol. The number of rotatable bonds is 4. The molecule has 0 radical (unpaired) electrons. The molecule has 0 unspecified atom stereocenters. The van der Waals surface area contributed by atoms with Crippen LogP contribution in [0.4, 0.5) is 10.1 Å². The zero-order valence-corrected chi connectivity index (χ0v) is 12.1. The molecule has 18 heavy (non-hydrogen) atoms. The van der Waals surface area contributed by atoms with Crippen LogP contribution in [-0.2, 0) is 6.42 Å². The first-order chi connectivity index (χ1) is 8.67. The Bertz CT molecular complexity index is 569. The largest absolute Gasteiger partial charge is 0.384 e. The Kier molecular flexibility index (Phi) is 4.17. The van der Waals surface area contributed by atoms with Crippen molar-refractivity contribution in [1.82, 2.24) is 4.98 Å². The van der Waals surface area contributed by atoms with E-state index in [1.165, 1.54) is 6.07 Å². The fourth-order valence-electron chi connectivity index (χ4n) is 1.90. The Balaban J connectivity index is 2.68. The Hall–Kier alpha value is -1.16. The lowest BCUT2D eigenvalue weighted by atomic mass is 10.1. The summed E-state index contributed by atoms with van der Waals surface area (Å²) in [5.41, 5.74) is 2.28. The molecule has 2 aromatic rings. The third-order valence-corrected chi connectivity index (χ3v) is 3.50. The SMILES string of the molecule is CCCNc1cc(CC)nc2c(F)ccc(Br)c12. The molecular weight excluding hydrogens is 295 g/mol. The van der Waals surface area contributed by atoms with Crippen LogP contribution in [-0.4, -0.2) is 11.5 Å². The van der Waals surface area contributed by atoms with Crippen molar-refractivity contribution in [1.29, 1.82) is 0 Å². The van der Waals surface area contributed by atoms with E-state index in [0.717, 1.165) is 40.6 Å². The van der Waals surface area contributed by atoms with Crippen molar-refractivity contribution in [3.05, 3.63) is 34.2 Å². The van der Waals surface area contributed by atoms with Gasteiger partial charge in [0, 0.05) is 27.8 Å². The number of anilines is 1. The molecule has 2 rings (SSSR count). The maximum atomic E-state index is 13.9. The second kappa shape index (κ2) is 5.65. The molecule has 0 atom stereocenters. The van der Waals surface area contributed by atoms with E-state index < -0.39 is 0 Å². The van der Waals surface area contributed by atoms with Gasteiger partial charge in [0.15, 0.2) is 0 Å². The number of fused-ring (bicyclic) bond motifs is 1. The predicted octanol–water partition coefficient (Wildman–Crippen LogP) is 4.52. The molecule has 0 spiro atoms. The van der Waals surface area contributed by atoms with E-state index in [2.05, 4.69) is 33.2 Å². The van der Waals surface area contributed by atoms with Crippen LogP contribution in [0.1, 0.15) is 26.0 Å². The number of aryl methyl sites for hydroxylation is 1. The zero-order valence-electron chi connectivity index (χ0n) is 10.6. The van der Waals surface area contributed by atoms with Gasteiger partial charge in [-0.05, 0) is 31.0 Å². The van der Waals surface area contributed by atoms with Gasteiger partial charge in [0.25, 0.3) is 0 Å². The van der Waals surface area contributed by atoms with E-state index in [1.54, 1.807) is 6.07 Å². The summed E-state index contributed by atoms with van der Waals surface area (Å²) in [6.45, 7) is 4.99. The van der Waals surface area contributed by atoms with Crippen molar-refractivity contribution in [3.63, 3.8) is 0 Å². The molecule has 0 saturated carbocycles. The zero-order chi connectivity index (χ0) is 13.1. The Morgan fingerprint density at radius 1 is 1.33 bits per heavy atom. The lowest BCUT2D eigenvalue weighted by Gasteiger charge is -2.12. The van der Waals surface area contributed by atoms with Gasteiger partial charge in [-0.3, -0.25) is 0 Å². The van der Waals surface area contributed by atoms with Crippen LogP contribution in [0.15, 0.2) is 22.7 Å². The molecule has 4 heteroatoms. The van der Waals surface area contributed by atoms with E-state index in [-0.39, 0.29) is 5.82 Å². The summed E-state index contributed by atoms with van der Waals surface area (Å²) in [4.78, 5) is 4.38. The normalized spacial score (nSPS) is 10.9. The van der Waals surface area contributed by atoms with Crippen molar-refractivity contribution >= 4 is 32.5 Å². The summed E-state index contributed by atoms with van der Waals surface area (Å²) in [5, 5.41) is 4.16. The standard InChI is InChI=1S/C14H16BrFN2/c1-3-7-17-12-8-9(4-2)18-14-11(16)6-5-10(15)13(12)14/h5-6,8H,3-4,7H2,1-2H3,(H,17,18). The van der Waals surface area contributed by atoms with Crippen molar-refractivity contribution in [2.24, 2.45) is 0 Å². The Morgan fingerprint density at radius 3 is 2.78 bits per heavy atom. The van der Waals surface area contributed by atoms with Crippen LogP contribution in [0.3, 0.4) is 0 Å². The van der Waals surface area contributed by atoms with Gasteiger partial charge < -0.3 is 5.32 Å². The number of halogens is 2. The molecular formula is C14H16BrFN2. The number of nitrogens with zero attached hydrogens (tertiary/aromatic N) is 1. The lowest BCUT2D eigenvalue weighted by Crippen LogP contribution is -2.03. The van der Waals surface area contributed by atoms with Gasteiger partial charge in [0.05, 0.1) is 0 Å². The van der Waals surface area contributed by atoms with Crippen LogP contribution in [0.5, 0.6) is 0 Å². The second-order valence-electron chi connectivity index (χ2n) is 4.19. The van der Waals surface area contributed by atoms with Crippen LogP contribution >= 0.6 is 15.9 Å². The topological polar surface area (TPSA) is 24.9 Å². The molecule has 96 valence electrons. The highest BCUT2D eigenvalue weighted by atomic mass is 79.9. The van der Waals surface area contributed by atoms with E-state index in [1.807, 2.05) is 13.0 Å². The van der Waals surface area contributed by atoms with Gasteiger partial charge in [-0.15, -0.1) is 0 Å². The third kappa shape index (κ3) is 2.48. The van der Waals surface area contributed by atoms with Gasteiger partial charge in [-0.25, -0.2) is 9.37 Å². The van der Waals surface area contributed by atoms with Gasteiger partial charge in [-0.2, -0.15) is 0 Å². The van der Waals surface area contributed by atoms with Crippen molar-refractivity contribution in [2.75, 3.05) is 11.9 Å². The maximum absolute atomic E-state index is 13.9. The smallest absolute Gasteiger partial charge is 0.149 e. The van der Waals surface area contributed by atoms with E-state index in [9.17, 15) is 4.39 Å².